The molecular weight excluding hydrogens is 208 g/mol. The van der Waals surface area contributed by atoms with Crippen LogP contribution < -0.4 is 10.6 Å². The fourth-order valence-electron chi connectivity index (χ4n) is 1.22. The van der Waals surface area contributed by atoms with Gasteiger partial charge in [-0.15, -0.1) is 0 Å². The van der Waals surface area contributed by atoms with E-state index in [0.29, 0.717) is 17.8 Å². The third-order valence-electron chi connectivity index (χ3n) is 1.90. The number of carbonyl (C=O) groups excluding carboxylic acids is 1. The van der Waals surface area contributed by atoms with Crippen molar-refractivity contribution in [1.82, 2.24) is 5.32 Å². The van der Waals surface area contributed by atoms with Crippen LogP contribution in [0.4, 0.5) is 10.5 Å². The van der Waals surface area contributed by atoms with Gasteiger partial charge in [-0.1, -0.05) is 12.1 Å². The minimum Gasteiger partial charge on any atom is -0.481 e. The van der Waals surface area contributed by atoms with Crippen molar-refractivity contribution in [3.8, 4) is 0 Å². The first-order chi connectivity index (χ1) is 7.61. The summed E-state index contributed by atoms with van der Waals surface area (Å²) < 4.78 is 0. The van der Waals surface area contributed by atoms with Gasteiger partial charge < -0.3 is 15.7 Å². The van der Waals surface area contributed by atoms with E-state index in [9.17, 15) is 9.59 Å². The second kappa shape index (κ2) is 5.75. The minimum atomic E-state index is -0.871. The maximum absolute atomic E-state index is 11.2. The largest absolute Gasteiger partial charge is 0.481 e. The molecule has 5 heteroatoms. The lowest BCUT2D eigenvalue weighted by molar-refractivity contribution is -0.136. The van der Waals surface area contributed by atoms with Crippen molar-refractivity contribution in [1.29, 1.82) is 0 Å². The normalized spacial score (nSPS) is 9.56. The second-order valence-electron chi connectivity index (χ2n) is 3.25. The Morgan fingerprint density at radius 3 is 2.38 bits per heavy atom. The van der Waals surface area contributed by atoms with E-state index in [1.807, 2.05) is 6.92 Å². The number of benzene rings is 1. The number of nitrogens with one attached hydrogen (secondary N) is 2. The highest BCUT2D eigenvalue weighted by atomic mass is 16.4. The van der Waals surface area contributed by atoms with E-state index in [4.69, 9.17) is 5.11 Å². The topological polar surface area (TPSA) is 78.4 Å². The van der Waals surface area contributed by atoms with Gasteiger partial charge >= 0.3 is 12.0 Å². The predicted octanol–water partition coefficient (Wildman–Crippen LogP) is 1.46. The molecule has 3 N–H and O–H groups in total. The van der Waals surface area contributed by atoms with Crippen molar-refractivity contribution >= 4 is 17.7 Å². The third-order valence-corrected chi connectivity index (χ3v) is 1.90. The summed E-state index contributed by atoms with van der Waals surface area (Å²) in [5.74, 6) is -0.871. The number of anilines is 1. The average Bonchev–Trinajstić information content (AvgIpc) is 2.20. The second-order valence-corrected chi connectivity index (χ2v) is 3.25. The monoisotopic (exact) mass is 222 g/mol. The summed E-state index contributed by atoms with van der Waals surface area (Å²) in [6, 6.07) is 6.43. The summed E-state index contributed by atoms with van der Waals surface area (Å²) in [5, 5.41) is 13.8. The molecular formula is C11H14N2O3. The fraction of sp³-hybridized carbons (Fsp3) is 0.273. The third kappa shape index (κ3) is 4.00. The van der Waals surface area contributed by atoms with Crippen LogP contribution in [0.5, 0.6) is 0 Å². The van der Waals surface area contributed by atoms with Crippen LogP contribution in [0.2, 0.25) is 0 Å². The van der Waals surface area contributed by atoms with Gasteiger partial charge in [0.15, 0.2) is 0 Å². The van der Waals surface area contributed by atoms with Gasteiger partial charge in [-0.05, 0) is 24.6 Å². The van der Waals surface area contributed by atoms with Crippen molar-refractivity contribution in [2.45, 2.75) is 13.3 Å². The first-order valence-electron chi connectivity index (χ1n) is 4.97. The quantitative estimate of drug-likeness (QED) is 0.721. The lowest BCUT2D eigenvalue weighted by Gasteiger charge is -2.06. The number of amides is 2. The number of hydrogen-bond acceptors (Lipinski definition) is 2. The molecule has 0 unspecified atom stereocenters. The Balaban J connectivity index is 2.57. The Bertz CT molecular complexity index is 373. The van der Waals surface area contributed by atoms with Crippen LogP contribution in [0.3, 0.4) is 0 Å². The Morgan fingerprint density at radius 2 is 1.88 bits per heavy atom. The van der Waals surface area contributed by atoms with E-state index in [-0.39, 0.29) is 12.5 Å². The number of carboxylic acid groups (broad SMARTS) is 1. The molecule has 0 atom stereocenters. The van der Waals surface area contributed by atoms with E-state index in [2.05, 4.69) is 10.6 Å². The highest BCUT2D eigenvalue weighted by Gasteiger charge is 2.02. The predicted molar refractivity (Wildman–Crippen MR) is 60.5 cm³/mol. The number of aliphatic carboxylic acids is 1. The van der Waals surface area contributed by atoms with Crippen LogP contribution in [0.1, 0.15) is 12.5 Å². The van der Waals surface area contributed by atoms with Crippen LogP contribution >= 0.6 is 0 Å². The Morgan fingerprint density at radius 1 is 1.25 bits per heavy atom. The molecule has 1 rings (SSSR count). The molecule has 0 bridgehead atoms. The summed E-state index contributed by atoms with van der Waals surface area (Å²) in [5.41, 5.74) is 1.34. The zero-order valence-corrected chi connectivity index (χ0v) is 8.99. The Labute approximate surface area is 93.5 Å². The summed E-state index contributed by atoms with van der Waals surface area (Å²) in [4.78, 5) is 21.6. The maximum Gasteiger partial charge on any atom is 0.319 e. The maximum atomic E-state index is 11.2. The van der Waals surface area contributed by atoms with E-state index >= 15 is 0 Å². The summed E-state index contributed by atoms with van der Waals surface area (Å²) in [6.45, 7) is 2.39. The molecule has 1 aromatic rings. The van der Waals surface area contributed by atoms with Gasteiger partial charge in [0.2, 0.25) is 0 Å². The molecule has 0 heterocycles. The van der Waals surface area contributed by atoms with Crippen LogP contribution in [0.25, 0.3) is 0 Å². The summed E-state index contributed by atoms with van der Waals surface area (Å²) >= 11 is 0. The van der Waals surface area contributed by atoms with Gasteiger partial charge in [0.25, 0.3) is 0 Å². The zero-order chi connectivity index (χ0) is 12.0. The SMILES string of the molecule is CCNC(=O)Nc1ccc(CC(=O)O)cc1. The van der Waals surface area contributed by atoms with E-state index < -0.39 is 5.97 Å². The lowest BCUT2D eigenvalue weighted by atomic mass is 10.1. The smallest absolute Gasteiger partial charge is 0.319 e. The molecule has 0 aliphatic heterocycles. The number of urea groups is 1. The highest BCUT2D eigenvalue weighted by molar-refractivity contribution is 5.89. The molecule has 0 saturated carbocycles. The van der Waals surface area contributed by atoms with Crippen LogP contribution in [0, 0.1) is 0 Å². The number of rotatable bonds is 4. The van der Waals surface area contributed by atoms with Crippen LogP contribution in [-0.4, -0.2) is 23.7 Å². The van der Waals surface area contributed by atoms with Gasteiger partial charge in [-0.25, -0.2) is 4.79 Å². The first kappa shape index (κ1) is 12.0. The van der Waals surface area contributed by atoms with Gasteiger partial charge in [0.05, 0.1) is 6.42 Å². The molecule has 0 aliphatic carbocycles. The van der Waals surface area contributed by atoms with E-state index in [1.165, 1.54) is 0 Å². The number of carboxylic acids is 1. The van der Waals surface area contributed by atoms with Crippen molar-refractivity contribution in [2.24, 2.45) is 0 Å². The fourth-order valence-corrected chi connectivity index (χ4v) is 1.22. The highest BCUT2D eigenvalue weighted by Crippen LogP contribution is 2.09. The number of carbonyl (C=O) groups is 2. The molecule has 0 radical (unpaired) electrons. The number of hydrogen-bond donors (Lipinski definition) is 3. The molecule has 16 heavy (non-hydrogen) atoms. The van der Waals surface area contributed by atoms with E-state index in [0.717, 1.165) is 0 Å². The van der Waals surface area contributed by atoms with Gasteiger partial charge in [0.1, 0.15) is 0 Å². The standard InChI is InChI=1S/C11H14N2O3/c1-2-12-11(16)13-9-5-3-8(4-6-9)7-10(14)15/h3-6H,2,7H2,1H3,(H,14,15)(H2,12,13,16). The molecule has 5 nitrogen and oxygen atoms in total. The van der Waals surface area contributed by atoms with Gasteiger partial charge in [0, 0.05) is 12.2 Å². The zero-order valence-electron chi connectivity index (χ0n) is 8.99. The summed E-state index contributed by atoms with van der Waals surface area (Å²) in [6.07, 6.45) is -0.0125. The Hall–Kier alpha value is -2.04. The lowest BCUT2D eigenvalue weighted by Crippen LogP contribution is -2.28. The molecule has 0 aliphatic rings. The summed E-state index contributed by atoms with van der Waals surface area (Å²) in [7, 11) is 0. The van der Waals surface area contributed by atoms with Crippen molar-refractivity contribution in [3.63, 3.8) is 0 Å². The van der Waals surface area contributed by atoms with Gasteiger partial charge in [-0.2, -0.15) is 0 Å². The van der Waals surface area contributed by atoms with Crippen molar-refractivity contribution in [2.75, 3.05) is 11.9 Å². The molecule has 0 aromatic heterocycles. The molecule has 1 aromatic carbocycles. The van der Waals surface area contributed by atoms with Crippen molar-refractivity contribution < 1.29 is 14.7 Å². The molecule has 2 amide bonds. The van der Waals surface area contributed by atoms with E-state index in [1.54, 1.807) is 24.3 Å². The Kier molecular flexibility index (Phi) is 4.32. The van der Waals surface area contributed by atoms with Crippen LogP contribution in [-0.2, 0) is 11.2 Å². The molecule has 0 saturated heterocycles. The average molecular weight is 222 g/mol. The molecule has 0 fully saturated rings. The minimum absolute atomic E-state index is 0.0125. The van der Waals surface area contributed by atoms with Crippen LogP contribution in [0.15, 0.2) is 24.3 Å². The first-order valence-corrected chi connectivity index (χ1v) is 4.97. The molecule has 0 spiro atoms. The van der Waals surface area contributed by atoms with Crippen molar-refractivity contribution in [3.05, 3.63) is 29.8 Å². The molecule has 86 valence electrons. The van der Waals surface area contributed by atoms with Gasteiger partial charge in [-0.3, -0.25) is 4.79 Å².